The fourth-order valence-electron chi connectivity index (χ4n) is 2.39. The highest BCUT2D eigenvalue weighted by Crippen LogP contribution is 2.27. The van der Waals surface area contributed by atoms with Crippen LogP contribution >= 0.6 is 0 Å². The number of hydrogen-bond donors (Lipinski definition) is 1. The van der Waals surface area contributed by atoms with Crippen LogP contribution in [0.3, 0.4) is 0 Å². The maximum absolute atomic E-state index is 12.1. The summed E-state index contributed by atoms with van der Waals surface area (Å²) < 4.78 is 24.3. The molecule has 94 valence electrons. The lowest BCUT2D eigenvalue weighted by Gasteiger charge is -2.27. The van der Waals surface area contributed by atoms with Crippen LogP contribution in [-0.2, 0) is 9.84 Å². The maximum Gasteiger partial charge on any atom is 0.178 e. The van der Waals surface area contributed by atoms with E-state index in [9.17, 15) is 13.5 Å². The Balaban J connectivity index is 2.12. The van der Waals surface area contributed by atoms with Crippen molar-refractivity contribution >= 4 is 9.84 Å². The van der Waals surface area contributed by atoms with Crippen LogP contribution in [0.4, 0.5) is 0 Å². The third-order valence-corrected chi connectivity index (χ3v) is 5.26. The lowest BCUT2D eigenvalue weighted by Crippen LogP contribution is -2.30. The van der Waals surface area contributed by atoms with Gasteiger partial charge in [0.25, 0.3) is 0 Å². The van der Waals surface area contributed by atoms with Crippen LogP contribution in [0.2, 0.25) is 0 Å². The quantitative estimate of drug-likeness (QED) is 0.897. The first-order valence-electron chi connectivity index (χ1n) is 6.05. The number of benzene rings is 1. The van der Waals surface area contributed by atoms with Gasteiger partial charge >= 0.3 is 0 Å². The second kappa shape index (κ2) is 5.19. The zero-order valence-corrected chi connectivity index (χ0v) is 10.6. The van der Waals surface area contributed by atoms with E-state index in [1.54, 1.807) is 30.3 Å². The molecule has 0 spiro atoms. The Bertz CT molecular complexity index is 453. The highest BCUT2D eigenvalue weighted by molar-refractivity contribution is 7.91. The van der Waals surface area contributed by atoms with E-state index < -0.39 is 15.9 Å². The molecule has 3 nitrogen and oxygen atoms in total. The lowest BCUT2D eigenvalue weighted by molar-refractivity contribution is 0.0807. The van der Waals surface area contributed by atoms with Gasteiger partial charge in [-0.1, -0.05) is 31.0 Å². The van der Waals surface area contributed by atoms with Gasteiger partial charge in [0.15, 0.2) is 9.84 Å². The first kappa shape index (κ1) is 12.6. The van der Waals surface area contributed by atoms with Crippen molar-refractivity contribution in [3.8, 4) is 0 Å². The number of rotatable bonds is 3. The Morgan fingerprint density at radius 1 is 1.12 bits per heavy atom. The van der Waals surface area contributed by atoms with Crippen LogP contribution in [0.1, 0.15) is 25.7 Å². The summed E-state index contributed by atoms with van der Waals surface area (Å²) >= 11 is 0. The van der Waals surface area contributed by atoms with Crippen molar-refractivity contribution in [1.82, 2.24) is 0 Å². The SMILES string of the molecule is O=S(=O)(CC1CCCCC1O)c1ccccc1. The smallest absolute Gasteiger partial charge is 0.178 e. The molecule has 2 atom stereocenters. The third kappa shape index (κ3) is 3.07. The maximum atomic E-state index is 12.1. The molecule has 1 aromatic rings. The molecule has 4 heteroatoms. The molecule has 0 amide bonds. The molecule has 2 unspecified atom stereocenters. The fourth-order valence-corrected chi connectivity index (χ4v) is 4.11. The van der Waals surface area contributed by atoms with Crippen LogP contribution in [0.25, 0.3) is 0 Å². The standard InChI is InChI=1S/C13H18O3S/c14-13-9-5-4-6-11(13)10-17(15,16)12-7-2-1-3-8-12/h1-3,7-8,11,13-14H,4-6,9-10H2. The van der Waals surface area contributed by atoms with E-state index in [1.807, 2.05) is 0 Å². The molecule has 0 bridgehead atoms. The minimum Gasteiger partial charge on any atom is -0.393 e. The molecule has 0 saturated heterocycles. The largest absolute Gasteiger partial charge is 0.393 e. The van der Waals surface area contributed by atoms with Crippen LogP contribution in [0.5, 0.6) is 0 Å². The van der Waals surface area contributed by atoms with Crippen LogP contribution < -0.4 is 0 Å². The topological polar surface area (TPSA) is 54.4 Å². The summed E-state index contributed by atoms with van der Waals surface area (Å²) in [5.74, 6) is -0.0352. The van der Waals surface area contributed by atoms with E-state index in [-0.39, 0.29) is 11.7 Å². The molecule has 1 fully saturated rings. The highest BCUT2D eigenvalue weighted by atomic mass is 32.2. The van der Waals surface area contributed by atoms with Gasteiger partial charge in [-0.15, -0.1) is 0 Å². The third-order valence-electron chi connectivity index (χ3n) is 3.40. The van der Waals surface area contributed by atoms with E-state index >= 15 is 0 Å². The van der Waals surface area contributed by atoms with Gasteiger partial charge in [0, 0.05) is 0 Å². The van der Waals surface area contributed by atoms with Crippen molar-refractivity contribution in [2.24, 2.45) is 5.92 Å². The molecule has 0 aliphatic heterocycles. The van der Waals surface area contributed by atoms with E-state index in [4.69, 9.17) is 0 Å². The Hall–Kier alpha value is -0.870. The van der Waals surface area contributed by atoms with Gasteiger partial charge in [-0.25, -0.2) is 8.42 Å². The van der Waals surface area contributed by atoms with Gasteiger partial charge < -0.3 is 5.11 Å². The normalized spacial score (nSPS) is 25.7. The molecular weight excluding hydrogens is 236 g/mol. The van der Waals surface area contributed by atoms with Crippen molar-refractivity contribution in [1.29, 1.82) is 0 Å². The second-order valence-corrected chi connectivity index (χ2v) is 6.74. The summed E-state index contributed by atoms with van der Waals surface area (Å²) in [5.41, 5.74) is 0. The average Bonchev–Trinajstić information content (AvgIpc) is 2.33. The van der Waals surface area contributed by atoms with Gasteiger partial charge in [-0.3, -0.25) is 0 Å². The second-order valence-electron chi connectivity index (χ2n) is 4.71. The minimum atomic E-state index is -3.25. The zero-order valence-electron chi connectivity index (χ0n) is 9.75. The van der Waals surface area contributed by atoms with E-state index in [0.717, 1.165) is 25.7 Å². The summed E-state index contributed by atoms with van der Waals surface area (Å²) in [5, 5.41) is 9.81. The number of aliphatic hydroxyl groups is 1. The van der Waals surface area contributed by atoms with E-state index in [0.29, 0.717) is 4.90 Å². The van der Waals surface area contributed by atoms with Crippen LogP contribution in [0.15, 0.2) is 35.2 Å². The molecule has 1 aromatic carbocycles. The number of aliphatic hydroxyl groups excluding tert-OH is 1. The van der Waals surface area contributed by atoms with Crippen molar-refractivity contribution in [3.63, 3.8) is 0 Å². The predicted octanol–water partition coefficient (Wildman–Crippen LogP) is 2.01. The van der Waals surface area contributed by atoms with Crippen molar-refractivity contribution in [2.45, 2.75) is 36.7 Å². The average molecular weight is 254 g/mol. The Kier molecular flexibility index (Phi) is 3.84. The predicted molar refractivity (Wildman–Crippen MR) is 66.5 cm³/mol. The highest BCUT2D eigenvalue weighted by Gasteiger charge is 2.28. The fraction of sp³-hybridized carbons (Fsp3) is 0.538. The molecule has 0 radical (unpaired) electrons. The molecule has 1 saturated carbocycles. The van der Waals surface area contributed by atoms with Gasteiger partial charge in [-0.2, -0.15) is 0 Å². The molecule has 1 N–H and O–H groups in total. The van der Waals surface area contributed by atoms with Crippen molar-refractivity contribution in [2.75, 3.05) is 5.75 Å². The summed E-state index contributed by atoms with van der Waals surface area (Å²) in [6, 6.07) is 8.48. The summed E-state index contributed by atoms with van der Waals surface area (Å²) in [6.07, 6.45) is 3.11. The lowest BCUT2D eigenvalue weighted by atomic mass is 9.88. The van der Waals surface area contributed by atoms with E-state index in [2.05, 4.69) is 0 Å². The Morgan fingerprint density at radius 2 is 1.76 bits per heavy atom. The Morgan fingerprint density at radius 3 is 2.41 bits per heavy atom. The summed E-state index contributed by atoms with van der Waals surface area (Å²) in [6.45, 7) is 0. The molecule has 0 aromatic heterocycles. The summed E-state index contributed by atoms with van der Waals surface area (Å²) in [4.78, 5) is 0.359. The molecular formula is C13H18O3S. The van der Waals surface area contributed by atoms with Gasteiger partial charge in [-0.05, 0) is 30.9 Å². The number of sulfone groups is 1. The first-order chi connectivity index (χ1) is 8.09. The zero-order chi connectivity index (χ0) is 12.3. The van der Waals surface area contributed by atoms with E-state index in [1.165, 1.54) is 0 Å². The van der Waals surface area contributed by atoms with Crippen LogP contribution in [-0.4, -0.2) is 25.4 Å². The molecule has 2 rings (SSSR count). The minimum absolute atomic E-state index is 0.0676. The summed E-state index contributed by atoms with van der Waals surface area (Å²) in [7, 11) is -3.25. The van der Waals surface area contributed by atoms with Gasteiger partial charge in [0.05, 0.1) is 16.8 Å². The monoisotopic (exact) mass is 254 g/mol. The number of hydrogen-bond acceptors (Lipinski definition) is 3. The molecule has 0 heterocycles. The Labute approximate surface area is 102 Å². The van der Waals surface area contributed by atoms with Gasteiger partial charge in [0.2, 0.25) is 0 Å². The first-order valence-corrected chi connectivity index (χ1v) is 7.71. The molecule has 1 aliphatic rings. The van der Waals surface area contributed by atoms with Crippen LogP contribution in [0, 0.1) is 5.92 Å². The van der Waals surface area contributed by atoms with Gasteiger partial charge in [0.1, 0.15) is 0 Å². The van der Waals surface area contributed by atoms with Crippen molar-refractivity contribution in [3.05, 3.63) is 30.3 Å². The molecule has 17 heavy (non-hydrogen) atoms. The molecule has 1 aliphatic carbocycles. The van der Waals surface area contributed by atoms with Crippen molar-refractivity contribution < 1.29 is 13.5 Å².